The van der Waals surface area contributed by atoms with E-state index in [1.54, 1.807) is 36.4 Å². The minimum absolute atomic E-state index is 0.164. The van der Waals surface area contributed by atoms with Crippen molar-refractivity contribution in [2.24, 2.45) is 0 Å². The van der Waals surface area contributed by atoms with Gasteiger partial charge in [-0.05, 0) is 48.9 Å². The number of hydrogen-bond acceptors (Lipinski definition) is 3. The van der Waals surface area contributed by atoms with Crippen molar-refractivity contribution in [2.75, 3.05) is 10.6 Å². The molecule has 2 amide bonds. The highest BCUT2D eigenvalue weighted by molar-refractivity contribution is 6.07. The van der Waals surface area contributed by atoms with Crippen molar-refractivity contribution in [3.8, 4) is 11.5 Å². The predicted octanol–water partition coefficient (Wildman–Crippen LogP) is 5.00. The molecule has 5 heteroatoms. The summed E-state index contributed by atoms with van der Waals surface area (Å²) in [6.45, 7) is 3.29. The Morgan fingerprint density at radius 1 is 0.778 bits per heavy atom. The first-order valence-corrected chi connectivity index (χ1v) is 8.55. The number of ether oxygens (including phenoxy) is 1. The van der Waals surface area contributed by atoms with Crippen molar-refractivity contribution in [2.45, 2.75) is 13.8 Å². The SMILES string of the molecule is CC(=O)Nc1cccc(NC(=O)c2ccccc2Oc2ccccc2)c1C. The van der Waals surface area contributed by atoms with Gasteiger partial charge in [-0.15, -0.1) is 0 Å². The van der Waals surface area contributed by atoms with Crippen LogP contribution in [0.5, 0.6) is 11.5 Å². The molecule has 0 spiro atoms. The van der Waals surface area contributed by atoms with Gasteiger partial charge in [-0.2, -0.15) is 0 Å². The molecule has 5 nitrogen and oxygen atoms in total. The lowest BCUT2D eigenvalue weighted by molar-refractivity contribution is -0.114. The zero-order valence-electron chi connectivity index (χ0n) is 15.2. The molecule has 0 heterocycles. The van der Waals surface area contributed by atoms with E-state index >= 15 is 0 Å². The van der Waals surface area contributed by atoms with Gasteiger partial charge in [0.2, 0.25) is 5.91 Å². The van der Waals surface area contributed by atoms with Crippen LogP contribution in [0.3, 0.4) is 0 Å². The first kappa shape index (κ1) is 18.2. The molecule has 2 N–H and O–H groups in total. The van der Waals surface area contributed by atoms with E-state index < -0.39 is 0 Å². The molecular formula is C22H20N2O3. The van der Waals surface area contributed by atoms with Crippen LogP contribution in [0.4, 0.5) is 11.4 Å². The van der Waals surface area contributed by atoms with E-state index in [0.29, 0.717) is 28.4 Å². The minimum Gasteiger partial charge on any atom is -0.457 e. The molecule has 3 rings (SSSR count). The molecule has 0 aromatic heterocycles. The Morgan fingerprint density at radius 3 is 2.11 bits per heavy atom. The molecule has 0 unspecified atom stereocenters. The molecule has 0 atom stereocenters. The summed E-state index contributed by atoms with van der Waals surface area (Å²) in [6.07, 6.45) is 0. The zero-order valence-corrected chi connectivity index (χ0v) is 15.2. The Hall–Kier alpha value is -3.60. The summed E-state index contributed by atoms with van der Waals surface area (Å²) in [4.78, 5) is 24.2. The molecule has 0 fully saturated rings. The summed E-state index contributed by atoms with van der Waals surface area (Å²) < 4.78 is 5.86. The van der Waals surface area contributed by atoms with Gasteiger partial charge in [0.1, 0.15) is 11.5 Å². The Morgan fingerprint density at radius 2 is 1.41 bits per heavy atom. The van der Waals surface area contributed by atoms with Crippen LogP contribution in [0.15, 0.2) is 72.8 Å². The molecule has 3 aromatic rings. The van der Waals surface area contributed by atoms with E-state index in [2.05, 4.69) is 10.6 Å². The summed E-state index contributed by atoms with van der Waals surface area (Å²) in [5.74, 6) is 0.672. The summed E-state index contributed by atoms with van der Waals surface area (Å²) in [6, 6.07) is 21.7. The van der Waals surface area contributed by atoms with Gasteiger partial charge in [-0.3, -0.25) is 9.59 Å². The third-order valence-corrected chi connectivity index (χ3v) is 4.00. The number of amides is 2. The molecule has 0 aliphatic heterocycles. The number of carbonyl (C=O) groups is 2. The summed E-state index contributed by atoms with van der Waals surface area (Å²) >= 11 is 0. The van der Waals surface area contributed by atoms with E-state index in [1.807, 2.05) is 43.3 Å². The smallest absolute Gasteiger partial charge is 0.259 e. The van der Waals surface area contributed by atoms with Gasteiger partial charge in [-0.1, -0.05) is 36.4 Å². The van der Waals surface area contributed by atoms with E-state index in [1.165, 1.54) is 6.92 Å². The Balaban J connectivity index is 1.84. The van der Waals surface area contributed by atoms with Gasteiger partial charge in [0.05, 0.1) is 5.56 Å². The molecule has 27 heavy (non-hydrogen) atoms. The van der Waals surface area contributed by atoms with Gasteiger partial charge in [-0.25, -0.2) is 0 Å². The van der Waals surface area contributed by atoms with Gasteiger partial charge in [0.25, 0.3) is 5.91 Å². The van der Waals surface area contributed by atoms with Gasteiger partial charge >= 0.3 is 0 Å². The molecule has 0 saturated carbocycles. The highest BCUT2D eigenvalue weighted by atomic mass is 16.5. The normalized spacial score (nSPS) is 10.1. The van der Waals surface area contributed by atoms with Crippen LogP contribution in [0.1, 0.15) is 22.8 Å². The molecular weight excluding hydrogens is 340 g/mol. The van der Waals surface area contributed by atoms with E-state index in [-0.39, 0.29) is 11.8 Å². The lowest BCUT2D eigenvalue weighted by atomic mass is 10.1. The van der Waals surface area contributed by atoms with Crippen molar-refractivity contribution >= 4 is 23.2 Å². The second-order valence-electron chi connectivity index (χ2n) is 6.02. The Kier molecular flexibility index (Phi) is 5.52. The standard InChI is InChI=1S/C22H20N2O3/c1-15-19(23-16(2)25)12-8-13-20(15)24-22(26)18-11-6-7-14-21(18)27-17-9-4-3-5-10-17/h3-14H,1-2H3,(H,23,25)(H,24,26). The van der Waals surface area contributed by atoms with Crippen molar-refractivity contribution in [3.05, 3.63) is 83.9 Å². The molecule has 136 valence electrons. The van der Waals surface area contributed by atoms with Gasteiger partial charge < -0.3 is 15.4 Å². The zero-order chi connectivity index (χ0) is 19.2. The summed E-state index contributed by atoms with van der Waals surface area (Å²) in [7, 11) is 0. The predicted molar refractivity (Wildman–Crippen MR) is 106 cm³/mol. The largest absolute Gasteiger partial charge is 0.457 e. The number of rotatable bonds is 5. The second kappa shape index (κ2) is 8.19. The monoisotopic (exact) mass is 360 g/mol. The Bertz CT molecular complexity index is 968. The number of carbonyl (C=O) groups excluding carboxylic acids is 2. The van der Waals surface area contributed by atoms with Crippen LogP contribution in [0.25, 0.3) is 0 Å². The van der Waals surface area contributed by atoms with Crippen LogP contribution >= 0.6 is 0 Å². The maximum absolute atomic E-state index is 12.8. The fourth-order valence-electron chi connectivity index (χ4n) is 2.64. The van der Waals surface area contributed by atoms with E-state index in [4.69, 9.17) is 4.74 Å². The van der Waals surface area contributed by atoms with Crippen molar-refractivity contribution in [3.63, 3.8) is 0 Å². The maximum Gasteiger partial charge on any atom is 0.259 e. The first-order valence-electron chi connectivity index (χ1n) is 8.55. The van der Waals surface area contributed by atoms with Crippen LogP contribution in [-0.4, -0.2) is 11.8 Å². The molecule has 3 aromatic carbocycles. The topological polar surface area (TPSA) is 67.4 Å². The first-order chi connectivity index (χ1) is 13.0. The molecule has 0 bridgehead atoms. The van der Waals surface area contributed by atoms with E-state index in [9.17, 15) is 9.59 Å². The van der Waals surface area contributed by atoms with Crippen molar-refractivity contribution in [1.82, 2.24) is 0 Å². The van der Waals surface area contributed by atoms with E-state index in [0.717, 1.165) is 5.56 Å². The average Bonchev–Trinajstić information content (AvgIpc) is 2.66. The number of hydrogen-bond donors (Lipinski definition) is 2. The molecule has 0 saturated heterocycles. The maximum atomic E-state index is 12.8. The van der Waals surface area contributed by atoms with Crippen LogP contribution in [0, 0.1) is 6.92 Å². The summed E-state index contributed by atoms with van der Waals surface area (Å²) in [5, 5.41) is 5.65. The second-order valence-corrected chi connectivity index (χ2v) is 6.02. The van der Waals surface area contributed by atoms with Crippen LogP contribution < -0.4 is 15.4 Å². The number of para-hydroxylation sites is 2. The van der Waals surface area contributed by atoms with Crippen molar-refractivity contribution < 1.29 is 14.3 Å². The number of nitrogens with one attached hydrogen (secondary N) is 2. The highest BCUT2D eigenvalue weighted by Gasteiger charge is 2.15. The average molecular weight is 360 g/mol. The summed E-state index contributed by atoms with van der Waals surface area (Å²) in [5.41, 5.74) is 2.49. The molecule has 0 aliphatic rings. The lowest BCUT2D eigenvalue weighted by Gasteiger charge is -2.14. The fraction of sp³-hybridized carbons (Fsp3) is 0.0909. The van der Waals surface area contributed by atoms with Gasteiger partial charge in [0, 0.05) is 18.3 Å². The lowest BCUT2D eigenvalue weighted by Crippen LogP contribution is -2.15. The third-order valence-electron chi connectivity index (χ3n) is 4.00. The number of anilines is 2. The molecule has 0 aliphatic carbocycles. The quantitative estimate of drug-likeness (QED) is 0.673. The fourth-order valence-corrected chi connectivity index (χ4v) is 2.64. The minimum atomic E-state index is -0.287. The van der Waals surface area contributed by atoms with Gasteiger partial charge in [0.15, 0.2) is 0 Å². The van der Waals surface area contributed by atoms with Crippen molar-refractivity contribution in [1.29, 1.82) is 0 Å². The highest BCUT2D eigenvalue weighted by Crippen LogP contribution is 2.28. The third kappa shape index (κ3) is 4.52. The molecule has 0 radical (unpaired) electrons. The Labute approximate surface area is 158 Å². The van der Waals surface area contributed by atoms with Crippen LogP contribution in [-0.2, 0) is 4.79 Å². The number of benzene rings is 3. The van der Waals surface area contributed by atoms with Crippen LogP contribution in [0.2, 0.25) is 0 Å².